The van der Waals surface area contributed by atoms with Crippen LogP contribution < -0.4 is 10.1 Å². The summed E-state index contributed by atoms with van der Waals surface area (Å²) >= 11 is 8.67. The average Bonchev–Trinajstić information content (AvgIpc) is 3.24. The molecule has 0 aliphatic heterocycles. The molecule has 11 heteroatoms. The number of nitrogens with zero attached hydrogens (tertiary/aromatic N) is 5. The first-order chi connectivity index (χ1) is 12.5. The number of carbonyl (C=O) groups excluding carboxylic acids is 1. The quantitative estimate of drug-likeness (QED) is 0.598. The maximum absolute atomic E-state index is 11.9. The first kappa shape index (κ1) is 18.6. The number of aryl methyl sites for hydroxylation is 1. The van der Waals surface area contributed by atoms with E-state index in [9.17, 15) is 4.79 Å². The van der Waals surface area contributed by atoms with Crippen LogP contribution in [0.4, 0.5) is 5.13 Å². The van der Waals surface area contributed by atoms with Crippen molar-refractivity contribution >= 4 is 45.7 Å². The molecule has 3 aromatic rings. The van der Waals surface area contributed by atoms with Gasteiger partial charge in [-0.2, -0.15) is 0 Å². The van der Waals surface area contributed by atoms with Gasteiger partial charge in [0, 0.05) is 7.05 Å². The highest BCUT2D eigenvalue weighted by Gasteiger charge is 2.13. The summed E-state index contributed by atoms with van der Waals surface area (Å²) in [4.78, 5) is 11.9. The summed E-state index contributed by atoms with van der Waals surface area (Å²) in [6.07, 6.45) is 0. The van der Waals surface area contributed by atoms with E-state index in [2.05, 4.69) is 25.7 Å². The zero-order chi connectivity index (χ0) is 18.5. The number of hydrogen-bond acceptors (Lipinski definition) is 8. The number of aromatic nitrogens is 5. The van der Waals surface area contributed by atoms with Crippen LogP contribution in [0, 0.1) is 6.92 Å². The van der Waals surface area contributed by atoms with Crippen molar-refractivity contribution in [2.24, 2.45) is 7.05 Å². The number of thioether (sulfide) groups is 1. The molecule has 0 atom stereocenters. The Kier molecular flexibility index (Phi) is 6.07. The van der Waals surface area contributed by atoms with E-state index in [0.717, 1.165) is 5.56 Å². The number of rotatable bonds is 7. The standard InChI is InChI=1S/C15H15ClN6O2S2/c1-9-3-4-10(16)11(5-9)24-6-12-19-21-15(22(12)2)25-7-13(23)18-14-20-17-8-26-14/h3-5,8H,6-7H2,1-2H3,(H,18,20,23). The molecule has 3 rings (SSSR count). The van der Waals surface area contributed by atoms with Gasteiger partial charge in [-0.3, -0.25) is 10.1 Å². The Morgan fingerprint density at radius 3 is 3.00 bits per heavy atom. The van der Waals surface area contributed by atoms with Crippen molar-refractivity contribution < 1.29 is 9.53 Å². The highest BCUT2D eigenvalue weighted by molar-refractivity contribution is 7.99. The van der Waals surface area contributed by atoms with Gasteiger partial charge in [0.05, 0.1) is 10.8 Å². The fourth-order valence-corrected chi connectivity index (χ4v) is 3.34. The monoisotopic (exact) mass is 410 g/mol. The van der Waals surface area contributed by atoms with Crippen LogP contribution in [0.1, 0.15) is 11.4 Å². The summed E-state index contributed by atoms with van der Waals surface area (Å²) in [5.41, 5.74) is 2.61. The zero-order valence-electron chi connectivity index (χ0n) is 14.0. The van der Waals surface area contributed by atoms with Crippen LogP contribution in [0.15, 0.2) is 28.9 Å². The lowest BCUT2D eigenvalue weighted by atomic mass is 10.2. The third kappa shape index (κ3) is 4.71. The van der Waals surface area contributed by atoms with Crippen molar-refractivity contribution in [1.29, 1.82) is 0 Å². The van der Waals surface area contributed by atoms with Crippen LogP contribution in [0.5, 0.6) is 5.75 Å². The molecule has 0 aliphatic rings. The first-order valence-corrected chi connectivity index (χ1v) is 9.73. The molecule has 0 aliphatic carbocycles. The van der Waals surface area contributed by atoms with E-state index in [4.69, 9.17) is 16.3 Å². The predicted octanol–water partition coefficient (Wildman–Crippen LogP) is 2.94. The molecule has 0 bridgehead atoms. The van der Waals surface area contributed by atoms with Gasteiger partial charge in [-0.1, -0.05) is 40.8 Å². The Morgan fingerprint density at radius 2 is 2.23 bits per heavy atom. The van der Waals surface area contributed by atoms with Gasteiger partial charge >= 0.3 is 0 Å². The summed E-state index contributed by atoms with van der Waals surface area (Å²) in [6.45, 7) is 2.19. The van der Waals surface area contributed by atoms with Crippen LogP contribution in [0.3, 0.4) is 0 Å². The first-order valence-electron chi connectivity index (χ1n) is 7.49. The molecule has 0 spiro atoms. The van der Waals surface area contributed by atoms with Gasteiger partial charge in [0.1, 0.15) is 17.9 Å². The molecule has 1 aromatic carbocycles. The van der Waals surface area contributed by atoms with Gasteiger partial charge in [0.2, 0.25) is 11.0 Å². The van der Waals surface area contributed by atoms with Crippen molar-refractivity contribution in [3.63, 3.8) is 0 Å². The molecule has 26 heavy (non-hydrogen) atoms. The number of anilines is 1. The molecule has 0 radical (unpaired) electrons. The third-order valence-corrected chi connectivity index (χ3v) is 5.25. The van der Waals surface area contributed by atoms with Gasteiger partial charge in [0.25, 0.3) is 0 Å². The van der Waals surface area contributed by atoms with E-state index in [1.54, 1.807) is 16.1 Å². The molecular formula is C15H15ClN6O2S2. The topological polar surface area (TPSA) is 94.8 Å². The fraction of sp³-hybridized carbons (Fsp3) is 0.267. The van der Waals surface area contributed by atoms with Crippen molar-refractivity contribution in [1.82, 2.24) is 25.0 Å². The highest BCUT2D eigenvalue weighted by atomic mass is 35.5. The number of carbonyl (C=O) groups is 1. The number of ether oxygens (including phenoxy) is 1. The van der Waals surface area contributed by atoms with E-state index < -0.39 is 0 Å². The zero-order valence-corrected chi connectivity index (χ0v) is 16.4. The largest absolute Gasteiger partial charge is 0.484 e. The number of halogens is 1. The lowest BCUT2D eigenvalue weighted by molar-refractivity contribution is -0.113. The van der Waals surface area contributed by atoms with Gasteiger partial charge in [0.15, 0.2) is 11.0 Å². The summed E-state index contributed by atoms with van der Waals surface area (Å²) in [5.74, 6) is 1.24. The van der Waals surface area contributed by atoms with E-state index in [0.29, 0.717) is 26.9 Å². The van der Waals surface area contributed by atoms with E-state index in [-0.39, 0.29) is 18.3 Å². The minimum absolute atomic E-state index is 0.181. The van der Waals surface area contributed by atoms with Gasteiger partial charge in [-0.05, 0) is 24.6 Å². The Morgan fingerprint density at radius 1 is 1.38 bits per heavy atom. The number of hydrogen-bond donors (Lipinski definition) is 1. The van der Waals surface area contributed by atoms with Gasteiger partial charge < -0.3 is 9.30 Å². The second-order valence-corrected chi connectivity index (χ2v) is 7.44. The van der Waals surface area contributed by atoms with E-state index in [1.165, 1.54) is 23.1 Å². The molecular weight excluding hydrogens is 396 g/mol. The Labute approximate surface area is 162 Å². The molecule has 2 heterocycles. The Hall–Kier alpha value is -2.17. The van der Waals surface area contributed by atoms with Crippen LogP contribution >= 0.6 is 34.7 Å². The molecule has 1 amide bonds. The number of nitrogens with one attached hydrogen (secondary N) is 1. The van der Waals surface area contributed by atoms with Gasteiger partial charge in [-0.15, -0.1) is 20.4 Å². The normalized spacial score (nSPS) is 10.7. The second-order valence-electron chi connectivity index (χ2n) is 5.26. The van der Waals surface area contributed by atoms with Crippen LogP contribution in [-0.4, -0.2) is 36.6 Å². The lowest BCUT2D eigenvalue weighted by Crippen LogP contribution is -2.14. The second kappa shape index (κ2) is 8.47. The molecule has 0 saturated heterocycles. The maximum Gasteiger partial charge on any atom is 0.236 e. The fourth-order valence-electron chi connectivity index (χ4n) is 1.97. The Balaban J connectivity index is 1.55. The molecule has 2 aromatic heterocycles. The molecule has 0 saturated carbocycles. The minimum atomic E-state index is -0.181. The van der Waals surface area contributed by atoms with Gasteiger partial charge in [-0.25, -0.2) is 0 Å². The minimum Gasteiger partial charge on any atom is -0.484 e. The van der Waals surface area contributed by atoms with Crippen molar-refractivity contribution in [2.75, 3.05) is 11.1 Å². The molecule has 8 nitrogen and oxygen atoms in total. The molecule has 136 valence electrons. The molecule has 0 fully saturated rings. The van der Waals surface area contributed by atoms with Crippen LogP contribution in [-0.2, 0) is 18.4 Å². The molecule has 0 unspecified atom stereocenters. The average molecular weight is 411 g/mol. The third-order valence-electron chi connectivity index (χ3n) is 3.31. The Bertz CT molecular complexity index is 900. The lowest BCUT2D eigenvalue weighted by Gasteiger charge is -2.08. The van der Waals surface area contributed by atoms with E-state index >= 15 is 0 Å². The van der Waals surface area contributed by atoms with Crippen molar-refractivity contribution in [3.05, 3.63) is 40.1 Å². The highest BCUT2D eigenvalue weighted by Crippen LogP contribution is 2.26. The summed E-state index contributed by atoms with van der Waals surface area (Å²) in [6, 6.07) is 5.58. The predicted molar refractivity (Wildman–Crippen MR) is 101 cm³/mol. The van der Waals surface area contributed by atoms with Crippen LogP contribution in [0.2, 0.25) is 5.02 Å². The van der Waals surface area contributed by atoms with Crippen LogP contribution in [0.25, 0.3) is 0 Å². The number of benzene rings is 1. The maximum atomic E-state index is 11.9. The number of amides is 1. The smallest absolute Gasteiger partial charge is 0.236 e. The summed E-state index contributed by atoms with van der Waals surface area (Å²) < 4.78 is 7.52. The summed E-state index contributed by atoms with van der Waals surface area (Å²) in [7, 11) is 1.82. The van der Waals surface area contributed by atoms with Crippen molar-refractivity contribution in [2.45, 2.75) is 18.7 Å². The summed E-state index contributed by atoms with van der Waals surface area (Å²) in [5, 5.41) is 19.9. The SMILES string of the molecule is Cc1ccc(Cl)c(OCc2nnc(SCC(=O)Nc3nncs3)n2C)c1. The molecule has 1 N–H and O–H groups in total. The van der Waals surface area contributed by atoms with E-state index in [1.807, 2.05) is 26.1 Å². The van der Waals surface area contributed by atoms with Crippen molar-refractivity contribution in [3.8, 4) is 5.75 Å².